The smallest absolute Gasteiger partial charge is 0.280 e. The van der Waals surface area contributed by atoms with E-state index in [4.69, 9.17) is 10.8 Å². The van der Waals surface area contributed by atoms with Crippen molar-refractivity contribution >= 4 is 21.7 Å². The molecule has 0 fully saturated rings. The van der Waals surface area contributed by atoms with E-state index in [-0.39, 0.29) is 11.4 Å². The summed E-state index contributed by atoms with van der Waals surface area (Å²) in [5, 5.41) is 8.79. The van der Waals surface area contributed by atoms with Crippen molar-refractivity contribution in [3.63, 3.8) is 0 Å². The summed E-state index contributed by atoms with van der Waals surface area (Å²) >= 11 is 3.01. The third kappa shape index (κ3) is 2.13. The van der Waals surface area contributed by atoms with E-state index in [1.807, 2.05) is 0 Å². The largest absolute Gasteiger partial charge is 0.392 e. The summed E-state index contributed by atoms with van der Waals surface area (Å²) in [4.78, 5) is 3.44. The molecule has 0 radical (unpaired) electrons. The van der Waals surface area contributed by atoms with Crippen molar-refractivity contribution in [1.82, 2.24) is 4.98 Å². The zero-order valence-corrected chi connectivity index (χ0v) is 8.05. The van der Waals surface area contributed by atoms with Crippen LogP contribution in [0.1, 0.15) is 17.7 Å². The van der Waals surface area contributed by atoms with Gasteiger partial charge in [-0.05, 0) is 6.07 Å². The van der Waals surface area contributed by atoms with E-state index in [0.717, 1.165) is 0 Å². The monoisotopic (exact) mass is 252 g/mol. The number of rotatable bonds is 2. The number of nitrogen functional groups attached to an aromatic ring is 1. The van der Waals surface area contributed by atoms with Crippen LogP contribution in [0, 0.1) is 0 Å². The maximum atomic E-state index is 12.3. The van der Waals surface area contributed by atoms with Gasteiger partial charge in [-0.1, -0.05) is 15.9 Å². The first kappa shape index (κ1) is 10.3. The Kier molecular flexibility index (Phi) is 3.16. The van der Waals surface area contributed by atoms with E-state index < -0.39 is 18.7 Å². The van der Waals surface area contributed by atoms with Crippen LogP contribution in [0.25, 0.3) is 0 Å². The maximum Gasteiger partial charge on any atom is 0.280 e. The quantitative estimate of drug-likeness (QED) is 0.845. The minimum atomic E-state index is -2.73. The SMILES string of the molecule is Nc1cc(Br)c(CO)c(C(F)F)n1. The van der Waals surface area contributed by atoms with Crippen LogP contribution in [-0.2, 0) is 6.61 Å². The number of pyridine rings is 1. The van der Waals surface area contributed by atoms with Crippen LogP contribution < -0.4 is 5.73 Å². The number of halogens is 3. The molecule has 0 spiro atoms. The van der Waals surface area contributed by atoms with Crippen LogP contribution in [0.4, 0.5) is 14.6 Å². The molecular formula is C7H7BrF2N2O. The second kappa shape index (κ2) is 3.97. The minimum absolute atomic E-state index is 0.000579. The molecule has 1 aromatic heterocycles. The molecular weight excluding hydrogens is 246 g/mol. The molecule has 3 N–H and O–H groups in total. The number of hydrogen-bond donors (Lipinski definition) is 2. The summed E-state index contributed by atoms with van der Waals surface area (Å²) in [6.07, 6.45) is -2.73. The molecule has 0 aliphatic heterocycles. The highest BCUT2D eigenvalue weighted by atomic mass is 79.9. The fourth-order valence-corrected chi connectivity index (χ4v) is 1.48. The second-order valence-electron chi connectivity index (χ2n) is 2.35. The molecule has 1 rings (SSSR count). The Bertz CT molecular complexity index is 320. The van der Waals surface area contributed by atoms with Crippen LogP contribution in [0.2, 0.25) is 0 Å². The van der Waals surface area contributed by atoms with Crippen LogP contribution in [0.3, 0.4) is 0 Å². The lowest BCUT2D eigenvalue weighted by Gasteiger charge is -2.08. The molecule has 0 aromatic carbocycles. The highest BCUT2D eigenvalue weighted by Gasteiger charge is 2.17. The molecule has 0 saturated carbocycles. The molecule has 1 aromatic rings. The van der Waals surface area contributed by atoms with E-state index >= 15 is 0 Å². The number of nitrogens with zero attached hydrogens (tertiary/aromatic N) is 1. The predicted octanol–water partition coefficient (Wildman–Crippen LogP) is 1.86. The summed E-state index contributed by atoms with van der Waals surface area (Å²) in [6.45, 7) is -0.493. The molecule has 0 aliphatic rings. The van der Waals surface area contributed by atoms with Crippen LogP contribution >= 0.6 is 15.9 Å². The van der Waals surface area contributed by atoms with Crippen molar-refractivity contribution in [1.29, 1.82) is 0 Å². The fourth-order valence-electron chi connectivity index (χ4n) is 0.915. The van der Waals surface area contributed by atoms with Crippen LogP contribution in [0.15, 0.2) is 10.5 Å². The van der Waals surface area contributed by atoms with E-state index in [1.165, 1.54) is 6.07 Å². The number of nitrogens with two attached hydrogens (primary N) is 1. The highest BCUT2D eigenvalue weighted by molar-refractivity contribution is 9.10. The molecule has 0 unspecified atom stereocenters. The number of aliphatic hydroxyl groups is 1. The summed E-state index contributed by atoms with van der Waals surface area (Å²) in [7, 11) is 0. The number of anilines is 1. The topological polar surface area (TPSA) is 59.1 Å². The van der Waals surface area contributed by atoms with Gasteiger partial charge in [-0.25, -0.2) is 13.8 Å². The Morgan fingerprint density at radius 3 is 2.69 bits per heavy atom. The average molecular weight is 253 g/mol. The maximum absolute atomic E-state index is 12.3. The van der Waals surface area contributed by atoms with Gasteiger partial charge in [0.05, 0.1) is 6.61 Å². The third-order valence-electron chi connectivity index (χ3n) is 1.49. The lowest BCUT2D eigenvalue weighted by Crippen LogP contribution is -2.03. The lowest BCUT2D eigenvalue weighted by atomic mass is 10.2. The van der Waals surface area contributed by atoms with Crippen molar-refractivity contribution in [2.45, 2.75) is 13.0 Å². The molecule has 3 nitrogen and oxygen atoms in total. The highest BCUT2D eigenvalue weighted by Crippen LogP contribution is 2.28. The molecule has 13 heavy (non-hydrogen) atoms. The summed E-state index contributed by atoms with van der Waals surface area (Å²) in [5.41, 5.74) is 4.86. The van der Waals surface area contributed by atoms with E-state index in [0.29, 0.717) is 4.47 Å². The molecule has 0 saturated heterocycles. The third-order valence-corrected chi connectivity index (χ3v) is 2.19. The van der Waals surface area contributed by atoms with Gasteiger partial charge >= 0.3 is 0 Å². The number of aromatic nitrogens is 1. The van der Waals surface area contributed by atoms with Gasteiger partial charge < -0.3 is 10.8 Å². The van der Waals surface area contributed by atoms with Crippen LogP contribution in [0.5, 0.6) is 0 Å². The molecule has 6 heteroatoms. The number of alkyl halides is 2. The molecule has 0 bridgehead atoms. The predicted molar refractivity (Wildman–Crippen MR) is 47.2 cm³/mol. The zero-order valence-electron chi connectivity index (χ0n) is 6.47. The molecule has 72 valence electrons. The summed E-state index contributed by atoms with van der Waals surface area (Å²) < 4.78 is 25.0. The average Bonchev–Trinajstić information content (AvgIpc) is 2.02. The summed E-state index contributed by atoms with van der Waals surface area (Å²) in [6, 6.07) is 1.37. The van der Waals surface area contributed by atoms with Gasteiger partial charge in [0, 0.05) is 10.0 Å². The zero-order chi connectivity index (χ0) is 10.0. The Morgan fingerprint density at radius 2 is 2.23 bits per heavy atom. The van der Waals surface area contributed by atoms with E-state index in [9.17, 15) is 8.78 Å². The van der Waals surface area contributed by atoms with Gasteiger partial charge in [-0.15, -0.1) is 0 Å². The standard InChI is InChI=1S/C7H7BrF2N2O/c8-4-1-5(11)12-6(7(9)10)3(4)2-13/h1,7,13H,2H2,(H2,11,12). The molecule has 0 atom stereocenters. The lowest BCUT2D eigenvalue weighted by molar-refractivity contribution is 0.141. The van der Waals surface area contributed by atoms with Crippen molar-refractivity contribution < 1.29 is 13.9 Å². The van der Waals surface area contributed by atoms with E-state index in [2.05, 4.69) is 20.9 Å². The first-order chi connectivity index (χ1) is 6.06. The first-order valence-electron chi connectivity index (χ1n) is 3.40. The fraction of sp³-hybridized carbons (Fsp3) is 0.286. The number of hydrogen-bond acceptors (Lipinski definition) is 3. The van der Waals surface area contributed by atoms with Gasteiger partial charge in [-0.3, -0.25) is 0 Å². The van der Waals surface area contributed by atoms with Crippen molar-refractivity contribution in [3.8, 4) is 0 Å². The number of aliphatic hydroxyl groups excluding tert-OH is 1. The van der Waals surface area contributed by atoms with Crippen molar-refractivity contribution in [3.05, 3.63) is 21.8 Å². The van der Waals surface area contributed by atoms with Gasteiger partial charge in [0.1, 0.15) is 11.5 Å². The molecule has 0 amide bonds. The Hall–Kier alpha value is -0.750. The normalized spacial score (nSPS) is 10.8. The van der Waals surface area contributed by atoms with Crippen molar-refractivity contribution in [2.24, 2.45) is 0 Å². The van der Waals surface area contributed by atoms with Gasteiger partial charge in [0.25, 0.3) is 6.43 Å². The Labute approximate surface area is 81.7 Å². The summed E-state index contributed by atoms with van der Waals surface area (Å²) in [5.74, 6) is -0.000579. The van der Waals surface area contributed by atoms with Gasteiger partial charge in [0.2, 0.25) is 0 Å². The minimum Gasteiger partial charge on any atom is -0.392 e. The van der Waals surface area contributed by atoms with Crippen LogP contribution in [-0.4, -0.2) is 10.1 Å². The Balaban J connectivity index is 3.29. The van der Waals surface area contributed by atoms with Crippen molar-refractivity contribution in [2.75, 3.05) is 5.73 Å². The van der Waals surface area contributed by atoms with E-state index in [1.54, 1.807) is 0 Å². The Morgan fingerprint density at radius 1 is 1.62 bits per heavy atom. The molecule has 0 aliphatic carbocycles. The second-order valence-corrected chi connectivity index (χ2v) is 3.21. The van der Waals surface area contributed by atoms with Gasteiger partial charge in [0.15, 0.2) is 0 Å². The first-order valence-corrected chi connectivity index (χ1v) is 4.19. The van der Waals surface area contributed by atoms with Gasteiger partial charge in [-0.2, -0.15) is 0 Å². The molecule has 1 heterocycles.